The van der Waals surface area contributed by atoms with Gasteiger partial charge in [0, 0.05) is 18.7 Å². The maximum Gasteiger partial charge on any atom is 0.254 e. The van der Waals surface area contributed by atoms with Crippen molar-refractivity contribution in [3.8, 4) is 0 Å². The van der Waals surface area contributed by atoms with Crippen molar-refractivity contribution in [3.05, 3.63) is 29.3 Å². The quantitative estimate of drug-likeness (QED) is 0.525. The first kappa shape index (κ1) is 13.9. The number of benzene rings is 1. The van der Waals surface area contributed by atoms with Crippen LogP contribution < -0.4 is 5.73 Å². The molecule has 2 N–H and O–H groups in total. The second-order valence-electron chi connectivity index (χ2n) is 4.69. The molecule has 1 aliphatic rings. The number of hydrogen-bond donors (Lipinski definition) is 1. The molecule has 2 rings (SSSR count). The molecule has 0 aromatic heterocycles. The maximum atomic E-state index is 12.4. The van der Waals surface area contributed by atoms with Gasteiger partial charge in [-0.25, -0.2) is 4.99 Å². The average Bonchev–Trinajstić information content (AvgIpc) is 2.94. The van der Waals surface area contributed by atoms with Crippen molar-refractivity contribution in [1.29, 1.82) is 0 Å². The summed E-state index contributed by atoms with van der Waals surface area (Å²) in [5.41, 5.74) is 7.91. The average molecular weight is 280 g/mol. The Balaban J connectivity index is 2.31. The van der Waals surface area contributed by atoms with Crippen molar-refractivity contribution >= 4 is 29.0 Å². The fourth-order valence-corrected chi connectivity index (χ4v) is 2.31. The Bertz CT molecular complexity index is 507. The maximum absolute atomic E-state index is 12.4. The number of likely N-dealkylation sites (tertiary alicyclic amines) is 1. The fraction of sp³-hybridized carbons (Fsp3) is 0.429. The van der Waals surface area contributed by atoms with E-state index in [1.807, 2.05) is 30.0 Å². The van der Waals surface area contributed by atoms with Crippen LogP contribution in [0.15, 0.2) is 23.2 Å². The summed E-state index contributed by atoms with van der Waals surface area (Å²) < 4.78 is 0. The smallest absolute Gasteiger partial charge is 0.254 e. The van der Waals surface area contributed by atoms with E-state index in [0.717, 1.165) is 31.5 Å². The molecule has 0 atom stereocenters. The van der Waals surface area contributed by atoms with E-state index in [9.17, 15) is 4.79 Å². The summed E-state index contributed by atoms with van der Waals surface area (Å²) in [6.45, 7) is 3.58. The molecule has 1 heterocycles. The number of hydrogen-bond acceptors (Lipinski definition) is 2. The molecule has 0 unspecified atom stereocenters. The minimum Gasteiger partial charge on any atom is -0.386 e. The molecular formula is C14H18ClN3O. The SMILES string of the molecule is Cc1c(N=C(N)CCl)cccc1C(=O)N1CCCC1. The molecule has 0 spiro atoms. The summed E-state index contributed by atoms with van der Waals surface area (Å²) in [6, 6.07) is 5.51. The van der Waals surface area contributed by atoms with Crippen molar-refractivity contribution in [2.75, 3.05) is 19.0 Å². The van der Waals surface area contributed by atoms with Crippen LogP contribution in [0.2, 0.25) is 0 Å². The van der Waals surface area contributed by atoms with E-state index in [-0.39, 0.29) is 11.8 Å². The van der Waals surface area contributed by atoms with Gasteiger partial charge in [-0.05, 0) is 37.5 Å². The second kappa shape index (κ2) is 6.06. The van der Waals surface area contributed by atoms with Crippen LogP contribution in [0.5, 0.6) is 0 Å². The van der Waals surface area contributed by atoms with Gasteiger partial charge in [0.15, 0.2) is 0 Å². The Morgan fingerprint density at radius 3 is 2.74 bits per heavy atom. The van der Waals surface area contributed by atoms with Crippen LogP contribution in [0.3, 0.4) is 0 Å². The van der Waals surface area contributed by atoms with Crippen molar-refractivity contribution in [2.45, 2.75) is 19.8 Å². The summed E-state index contributed by atoms with van der Waals surface area (Å²) in [4.78, 5) is 18.5. The Morgan fingerprint density at radius 1 is 1.42 bits per heavy atom. The predicted octanol–water partition coefficient (Wildman–Crippen LogP) is 2.46. The van der Waals surface area contributed by atoms with E-state index in [1.165, 1.54) is 0 Å². The molecule has 1 saturated heterocycles. The van der Waals surface area contributed by atoms with Crippen molar-refractivity contribution in [1.82, 2.24) is 4.90 Å². The second-order valence-corrected chi connectivity index (χ2v) is 4.95. The number of halogens is 1. The van der Waals surface area contributed by atoms with Crippen LogP contribution in [-0.4, -0.2) is 35.6 Å². The normalized spacial score (nSPS) is 15.9. The molecule has 1 amide bonds. The Kier molecular flexibility index (Phi) is 4.43. The van der Waals surface area contributed by atoms with Crippen molar-refractivity contribution in [2.24, 2.45) is 10.7 Å². The molecule has 0 aliphatic carbocycles. The highest BCUT2D eigenvalue weighted by molar-refractivity contribution is 6.28. The number of rotatable bonds is 3. The van der Waals surface area contributed by atoms with Gasteiger partial charge in [0.2, 0.25) is 0 Å². The van der Waals surface area contributed by atoms with Crippen LogP contribution >= 0.6 is 11.6 Å². The Labute approximate surface area is 118 Å². The zero-order chi connectivity index (χ0) is 13.8. The minimum absolute atomic E-state index is 0.0801. The van der Waals surface area contributed by atoms with Gasteiger partial charge < -0.3 is 10.6 Å². The topological polar surface area (TPSA) is 58.7 Å². The first-order chi connectivity index (χ1) is 9.13. The Morgan fingerprint density at radius 2 is 2.11 bits per heavy atom. The molecule has 1 aromatic rings. The molecule has 4 nitrogen and oxygen atoms in total. The molecule has 1 aliphatic heterocycles. The van der Waals surface area contributed by atoms with Crippen LogP contribution in [0.4, 0.5) is 5.69 Å². The minimum atomic E-state index is 0.0801. The number of amides is 1. The molecule has 5 heteroatoms. The highest BCUT2D eigenvalue weighted by Crippen LogP contribution is 2.24. The lowest BCUT2D eigenvalue weighted by Gasteiger charge is -2.17. The third-order valence-corrected chi connectivity index (χ3v) is 3.60. The van der Waals surface area contributed by atoms with Gasteiger partial charge in [-0.3, -0.25) is 4.79 Å². The Hall–Kier alpha value is -1.55. The lowest BCUT2D eigenvalue weighted by molar-refractivity contribution is 0.0792. The van der Waals surface area contributed by atoms with E-state index in [2.05, 4.69) is 4.99 Å². The highest BCUT2D eigenvalue weighted by Gasteiger charge is 2.21. The monoisotopic (exact) mass is 279 g/mol. The summed E-state index contributed by atoms with van der Waals surface area (Å²) in [5, 5.41) is 0. The largest absolute Gasteiger partial charge is 0.386 e. The molecule has 1 fully saturated rings. The van der Waals surface area contributed by atoms with Gasteiger partial charge in [-0.1, -0.05) is 6.07 Å². The first-order valence-electron chi connectivity index (χ1n) is 6.41. The van der Waals surface area contributed by atoms with Gasteiger partial charge in [-0.15, -0.1) is 11.6 Å². The number of nitrogens with zero attached hydrogens (tertiary/aromatic N) is 2. The third kappa shape index (κ3) is 3.07. The summed E-state index contributed by atoms with van der Waals surface area (Å²) in [6.07, 6.45) is 2.17. The van der Waals surface area contributed by atoms with E-state index in [0.29, 0.717) is 17.1 Å². The van der Waals surface area contributed by atoms with E-state index >= 15 is 0 Å². The van der Waals surface area contributed by atoms with Crippen LogP contribution in [0.25, 0.3) is 0 Å². The number of carbonyl (C=O) groups excluding carboxylic acids is 1. The standard InChI is InChI=1S/C14H18ClN3O/c1-10-11(14(19)18-7-2-3-8-18)5-4-6-12(10)17-13(16)9-15/h4-6H,2-3,7-9H2,1H3,(H2,16,17). The molecule has 0 radical (unpaired) electrons. The van der Waals surface area contributed by atoms with Gasteiger partial charge in [0.05, 0.1) is 11.6 Å². The van der Waals surface area contributed by atoms with Gasteiger partial charge in [0.1, 0.15) is 5.84 Å². The molecule has 1 aromatic carbocycles. The highest BCUT2D eigenvalue weighted by atomic mass is 35.5. The molecule has 102 valence electrons. The first-order valence-corrected chi connectivity index (χ1v) is 6.95. The van der Waals surface area contributed by atoms with E-state index in [4.69, 9.17) is 17.3 Å². The zero-order valence-electron chi connectivity index (χ0n) is 11.0. The molecule has 0 saturated carbocycles. The molecular weight excluding hydrogens is 262 g/mol. The van der Waals surface area contributed by atoms with Gasteiger partial charge in [-0.2, -0.15) is 0 Å². The van der Waals surface area contributed by atoms with E-state index < -0.39 is 0 Å². The van der Waals surface area contributed by atoms with Crippen molar-refractivity contribution < 1.29 is 4.79 Å². The number of nitrogens with two attached hydrogens (primary N) is 1. The number of alkyl halides is 1. The molecule has 0 bridgehead atoms. The predicted molar refractivity (Wildman–Crippen MR) is 78.3 cm³/mol. The lowest BCUT2D eigenvalue weighted by atomic mass is 10.1. The summed E-state index contributed by atoms with van der Waals surface area (Å²) in [7, 11) is 0. The number of aliphatic imine (C=N–C) groups is 1. The third-order valence-electron chi connectivity index (χ3n) is 3.33. The van der Waals surface area contributed by atoms with E-state index in [1.54, 1.807) is 0 Å². The number of amidine groups is 1. The van der Waals surface area contributed by atoms with Crippen LogP contribution in [0, 0.1) is 6.92 Å². The van der Waals surface area contributed by atoms with Gasteiger partial charge >= 0.3 is 0 Å². The summed E-state index contributed by atoms with van der Waals surface area (Å²) >= 11 is 5.63. The molecule has 19 heavy (non-hydrogen) atoms. The van der Waals surface area contributed by atoms with Crippen LogP contribution in [-0.2, 0) is 0 Å². The number of carbonyl (C=O) groups is 1. The van der Waals surface area contributed by atoms with Crippen molar-refractivity contribution in [3.63, 3.8) is 0 Å². The van der Waals surface area contributed by atoms with Crippen LogP contribution in [0.1, 0.15) is 28.8 Å². The van der Waals surface area contributed by atoms with Gasteiger partial charge in [0.25, 0.3) is 5.91 Å². The summed E-state index contributed by atoms with van der Waals surface area (Å²) in [5.74, 6) is 0.621. The lowest BCUT2D eigenvalue weighted by Crippen LogP contribution is -2.28. The zero-order valence-corrected chi connectivity index (χ0v) is 11.8. The fourth-order valence-electron chi connectivity index (χ4n) is 2.25.